The molecule has 0 fully saturated rings. The first-order valence-corrected chi connectivity index (χ1v) is 11.3. The van der Waals surface area contributed by atoms with Crippen molar-refractivity contribution in [2.24, 2.45) is 0 Å². The van der Waals surface area contributed by atoms with E-state index >= 15 is 0 Å². The largest absolute Gasteiger partial charge is 0.460 e. The maximum absolute atomic E-state index is 13.0. The number of hydrogen-bond acceptors (Lipinski definition) is 5. The number of benzene rings is 2. The lowest BCUT2D eigenvalue weighted by Gasteiger charge is -2.35. The Labute approximate surface area is 199 Å². The fourth-order valence-electron chi connectivity index (χ4n) is 3.79. The van der Waals surface area contributed by atoms with Crippen molar-refractivity contribution in [3.63, 3.8) is 0 Å². The topological polar surface area (TPSA) is 97.0 Å². The number of allylic oxidation sites excluding steroid dienone is 1. The summed E-state index contributed by atoms with van der Waals surface area (Å²) in [6, 6.07) is 13.4. The van der Waals surface area contributed by atoms with Gasteiger partial charge in [0.25, 0.3) is 5.91 Å². The van der Waals surface area contributed by atoms with Gasteiger partial charge in [-0.1, -0.05) is 36.8 Å². The van der Waals surface area contributed by atoms with Crippen molar-refractivity contribution in [2.45, 2.75) is 33.2 Å². The number of anilines is 1. The molecule has 1 aliphatic heterocycles. The van der Waals surface area contributed by atoms with Gasteiger partial charge in [-0.2, -0.15) is 0 Å². The molecule has 1 unspecified atom stereocenters. The summed E-state index contributed by atoms with van der Waals surface area (Å²) in [7, 11) is 1.53. The third-order valence-corrected chi connectivity index (χ3v) is 5.58. The second-order valence-electron chi connectivity index (χ2n) is 8.11. The molecule has 8 heteroatoms. The summed E-state index contributed by atoms with van der Waals surface area (Å²) >= 11 is 0. The molecule has 0 radical (unpaired) electrons. The fraction of sp³-hybridized carbons (Fsp3) is 0.346. The zero-order valence-corrected chi connectivity index (χ0v) is 20.0. The highest BCUT2D eigenvalue weighted by Gasteiger charge is 2.36. The minimum Gasteiger partial charge on any atom is -0.460 e. The van der Waals surface area contributed by atoms with Gasteiger partial charge in [0.2, 0.25) is 0 Å². The average Bonchev–Trinajstić information content (AvgIpc) is 2.82. The quantitative estimate of drug-likeness (QED) is 0.428. The molecule has 8 nitrogen and oxygen atoms in total. The molecule has 2 aromatic carbocycles. The second kappa shape index (κ2) is 11.5. The predicted octanol–water partition coefficient (Wildman–Crippen LogP) is 4.19. The van der Waals surface area contributed by atoms with Crippen LogP contribution in [0.4, 0.5) is 10.5 Å². The second-order valence-corrected chi connectivity index (χ2v) is 8.11. The molecule has 0 aliphatic carbocycles. The van der Waals surface area contributed by atoms with Crippen LogP contribution >= 0.6 is 0 Å². The van der Waals surface area contributed by atoms with Gasteiger partial charge < -0.3 is 20.1 Å². The van der Waals surface area contributed by atoms with E-state index in [-0.39, 0.29) is 25.2 Å². The SMILES string of the molecule is CCCN1C(=O)NC(c2cccc(NC(=O)c3ccc(C)cc3)c2)C(C(=O)OCCOC)=C1C. The van der Waals surface area contributed by atoms with Crippen LogP contribution in [0.2, 0.25) is 0 Å². The fourth-order valence-corrected chi connectivity index (χ4v) is 3.79. The van der Waals surface area contributed by atoms with Crippen LogP contribution in [0.1, 0.15) is 47.8 Å². The van der Waals surface area contributed by atoms with Crippen molar-refractivity contribution < 1.29 is 23.9 Å². The molecule has 0 spiro atoms. The zero-order chi connectivity index (χ0) is 24.7. The summed E-state index contributed by atoms with van der Waals surface area (Å²) in [6.45, 7) is 6.52. The summed E-state index contributed by atoms with van der Waals surface area (Å²) in [5.41, 5.74) is 3.71. The number of urea groups is 1. The number of carbonyl (C=O) groups excluding carboxylic acids is 3. The lowest BCUT2D eigenvalue weighted by molar-refractivity contribution is -0.140. The Hall–Kier alpha value is -3.65. The van der Waals surface area contributed by atoms with Gasteiger partial charge in [-0.05, 0) is 50.1 Å². The van der Waals surface area contributed by atoms with Crippen LogP contribution in [0.3, 0.4) is 0 Å². The van der Waals surface area contributed by atoms with E-state index in [1.165, 1.54) is 7.11 Å². The molecule has 0 saturated carbocycles. The Balaban J connectivity index is 1.91. The maximum atomic E-state index is 13.0. The van der Waals surface area contributed by atoms with Gasteiger partial charge in [-0.25, -0.2) is 9.59 Å². The Morgan fingerprint density at radius 1 is 1.09 bits per heavy atom. The number of hydrogen-bond donors (Lipinski definition) is 2. The van der Waals surface area contributed by atoms with E-state index in [0.717, 1.165) is 12.0 Å². The molecular formula is C26H31N3O5. The maximum Gasteiger partial charge on any atom is 0.338 e. The van der Waals surface area contributed by atoms with Crippen LogP contribution in [-0.2, 0) is 14.3 Å². The highest BCUT2D eigenvalue weighted by Crippen LogP contribution is 2.32. The molecule has 0 saturated heterocycles. The van der Waals surface area contributed by atoms with Gasteiger partial charge in [0.05, 0.1) is 18.2 Å². The summed E-state index contributed by atoms with van der Waals surface area (Å²) in [4.78, 5) is 40.1. The Morgan fingerprint density at radius 3 is 2.50 bits per heavy atom. The number of aryl methyl sites for hydroxylation is 1. The molecule has 34 heavy (non-hydrogen) atoms. The molecule has 1 aliphatic rings. The van der Waals surface area contributed by atoms with Crippen LogP contribution < -0.4 is 10.6 Å². The Morgan fingerprint density at radius 2 is 1.82 bits per heavy atom. The molecule has 180 valence electrons. The van der Waals surface area contributed by atoms with Crippen molar-refractivity contribution in [2.75, 3.05) is 32.2 Å². The highest BCUT2D eigenvalue weighted by atomic mass is 16.6. The average molecular weight is 466 g/mol. The van der Waals surface area contributed by atoms with E-state index in [2.05, 4.69) is 10.6 Å². The molecule has 0 bridgehead atoms. The summed E-state index contributed by atoms with van der Waals surface area (Å²) in [5, 5.41) is 5.81. The molecule has 2 aromatic rings. The minimum absolute atomic E-state index is 0.104. The molecule has 3 amide bonds. The Kier molecular flexibility index (Phi) is 8.43. The predicted molar refractivity (Wildman–Crippen MR) is 129 cm³/mol. The number of nitrogens with one attached hydrogen (secondary N) is 2. The molecule has 2 N–H and O–H groups in total. The van der Waals surface area contributed by atoms with Crippen LogP contribution in [0.15, 0.2) is 59.8 Å². The minimum atomic E-state index is -0.716. The van der Waals surface area contributed by atoms with E-state index in [9.17, 15) is 14.4 Å². The number of rotatable bonds is 9. The molecule has 1 heterocycles. The smallest absolute Gasteiger partial charge is 0.338 e. The monoisotopic (exact) mass is 465 g/mol. The first-order chi connectivity index (χ1) is 16.3. The number of nitrogens with zero attached hydrogens (tertiary/aromatic N) is 1. The number of ether oxygens (including phenoxy) is 2. The van der Waals surface area contributed by atoms with Crippen molar-refractivity contribution in [1.29, 1.82) is 0 Å². The molecular weight excluding hydrogens is 434 g/mol. The van der Waals surface area contributed by atoms with Gasteiger partial charge in [-0.3, -0.25) is 9.69 Å². The number of methoxy groups -OCH3 is 1. The van der Waals surface area contributed by atoms with E-state index in [0.29, 0.717) is 34.6 Å². The van der Waals surface area contributed by atoms with Gasteiger partial charge in [0.15, 0.2) is 0 Å². The van der Waals surface area contributed by atoms with E-state index < -0.39 is 12.0 Å². The van der Waals surface area contributed by atoms with Gasteiger partial charge in [0, 0.05) is 30.6 Å². The lowest BCUT2D eigenvalue weighted by atomic mass is 9.94. The van der Waals surface area contributed by atoms with Crippen molar-refractivity contribution in [1.82, 2.24) is 10.2 Å². The normalized spacial score (nSPS) is 15.7. The third kappa shape index (κ3) is 5.82. The van der Waals surface area contributed by atoms with E-state index in [1.807, 2.05) is 26.0 Å². The van der Waals surface area contributed by atoms with Crippen LogP contribution in [0.5, 0.6) is 0 Å². The summed E-state index contributed by atoms with van der Waals surface area (Å²) < 4.78 is 10.4. The first kappa shape index (κ1) is 25.0. The number of esters is 1. The third-order valence-electron chi connectivity index (χ3n) is 5.58. The van der Waals surface area contributed by atoms with Crippen molar-refractivity contribution >= 4 is 23.6 Å². The Bertz CT molecular complexity index is 1080. The van der Waals surface area contributed by atoms with Gasteiger partial charge in [-0.15, -0.1) is 0 Å². The molecule has 0 aromatic heterocycles. The number of amides is 3. The lowest BCUT2D eigenvalue weighted by Crippen LogP contribution is -2.48. The highest BCUT2D eigenvalue weighted by molar-refractivity contribution is 6.04. The summed E-state index contributed by atoms with van der Waals surface area (Å²) in [6.07, 6.45) is 0.738. The standard InChI is InChI=1S/C26H31N3O5/c1-5-13-29-18(3)22(25(31)34-15-14-33-4)23(28-26(29)32)20-7-6-8-21(16-20)27-24(30)19-11-9-17(2)10-12-19/h6-12,16,23H,5,13-15H2,1-4H3,(H,27,30)(H,28,32). The molecule has 3 rings (SSSR count). The molecule has 1 atom stereocenters. The van der Waals surface area contributed by atoms with E-state index in [4.69, 9.17) is 9.47 Å². The zero-order valence-electron chi connectivity index (χ0n) is 20.0. The van der Waals surface area contributed by atoms with Crippen LogP contribution in [-0.4, -0.2) is 49.7 Å². The van der Waals surface area contributed by atoms with Gasteiger partial charge in [0.1, 0.15) is 6.61 Å². The van der Waals surface area contributed by atoms with Crippen molar-refractivity contribution in [3.8, 4) is 0 Å². The number of carbonyl (C=O) groups is 3. The van der Waals surface area contributed by atoms with Crippen molar-refractivity contribution in [3.05, 3.63) is 76.5 Å². The van der Waals surface area contributed by atoms with Crippen LogP contribution in [0.25, 0.3) is 0 Å². The van der Waals surface area contributed by atoms with Gasteiger partial charge >= 0.3 is 12.0 Å². The van der Waals surface area contributed by atoms with E-state index in [1.54, 1.807) is 48.2 Å². The summed E-state index contributed by atoms with van der Waals surface area (Å²) in [5.74, 6) is -0.764. The first-order valence-electron chi connectivity index (χ1n) is 11.3. The van der Waals surface area contributed by atoms with Crippen LogP contribution in [0, 0.1) is 6.92 Å².